The molecule has 0 spiro atoms. The van der Waals surface area contributed by atoms with Crippen LogP contribution in [0.15, 0.2) is 30.5 Å². The maximum atomic E-state index is 11.5. The molecule has 0 radical (unpaired) electrons. The molecule has 1 atom stereocenters. The first-order valence-electron chi connectivity index (χ1n) is 6.62. The third kappa shape index (κ3) is 2.70. The van der Waals surface area contributed by atoms with E-state index in [9.17, 15) is 8.42 Å². The number of sulfone groups is 1. The van der Waals surface area contributed by atoms with Gasteiger partial charge in [0.05, 0.1) is 17.0 Å². The van der Waals surface area contributed by atoms with Crippen molar-refractivity contribution in [2.45, 2.75) is 6.42 Å². The van der Waals surface area contributed by atoms with Crippen molar-refractivity contribution in [3.8, 4) is 0 Å². The van der Waals surface area contributed by atoms with E-state index in [1.54, 1.807) is 6.20 Å². The van der Waals surface area contributed by atoms with Crippen LogP contribution in [-0.4, -0.2) is 31.5 Å². The summed E-state index contributed by atoms with van der Waals surface area (Å²) in [6, 6.07) is 7.52. The SMILES string of the molecule is Nc1ccc2c(NCC3CCS(=O)(=O)C3)ccnc2c1. The van der Waals surface area contributed by atoms with E-state index in [-0.39, 0.29) is 11.7 Å². The fourth-order valence-electron chi connectivity index (χ4n) is 2.61. The van der Waals surface area contributed by atoms with Gasteiger partial charge in [0, 0.05) is 29.5 Å². The van der Waals surface area contributed by atoms with E-state index >= 15 is 0 Å². The van der Waals surface area contributed by atoms with E-state index < -0.39 is 9.84 Å². The molecule has 2 heterocycles. The van der Waals surface area contributed by atoms with Crippen LogP contribution in [0.5, 0.6) is 0 Å². The second-order valence-electron chi connectivity index (χ2n) is 5.29. The summed E-state index contributed by atoms with van der Waals surface area (Å²) in [5.74, 6) is 0.792. The summed E-state index contributed by atoms with van der Waals surface area (Å²) < 4.78 is 22.9. The molecular weight excluding hydrogens is 274 g/mol. The van der Waals surface area contributed by atoms with Gasteiger partial charge in [-0.1, -0.05) is 0 Å². The highest BCUT2D eigenvalue weighted by Gasteiger charge is 2.27. The summed E-state index contributed by atoms with van der Waals surface area (Å²) in [5.41, 5.74) is 8.25. The lowest BCUT2D eigenvalue weighted by Gasteiger charge is -2.13. The predicted molar refractivity (Wildman–Crippen MR) is 81.4 cm³/mol. The molecule has 1 aliphatic heterocycles. The van der Waals surface area contributed by atoms with E-state index in [4.69, 9.17) is 5.73 Å². The number of anilines is 2. The van der Waals surface area contributed by atoms with Crippen molar-refractivity contribution in [3.05, 3.63) is 30.5 Å². The molecule has 0 saturated carbocycles. The Morgan fingerprint density at radius 3 is 2.95 bits per heavy atom. The summed E-state index contributed by atoms with van der Waals surface area (Å²) in [5, 5.41) is 4.34. The molecule has 1 saturated heterocycles. The first-order valence-corrected chi connectivity index (χ1v) is 8.44. The Morgan fingerprint density at radius 2 is 2.20 bits per heavy atom. The minimum atomic E-state index is -2.82. The number of nitrogen functional groups attached to an aromatic ring is 1. The van der Waals surface area contributed by atoms with Crippen LogP contribution in [0.2, 0.25) is 0 Å². The van der Waals surface area contributed by atoms with Gasteiger partial charge < -0.3 is 11.1 Å². The topological polar surface area (TPSA) is 85.1 Å². The van der Waals surface area contributed by atoms with Crippen LogP contribution >= 0.6 is 0 Å². The van der Waals surface area contributed by atoms with Crippen molar-refractivity contribution in [1.82, 2.24) is 4.98 Å². The molecular formula is C14H17N3O2S. The molecule has 20 heavy (non-hydrogen) atoms. The summed E-state index contributed by atoms with van der Waals surface area (Å²) in [7, 11) is -2.82. The van der Waals surface area contributed by atoms with Crippen molar-refractivity contribution in [3.63, 3.8) is 0 Å². The monoisotopic (exact) mass is 291 g/mol. The molecule has 0 aliphatic carbocycles. The van der Waals surface area contributed by atoms with Gasteiger partial charge in [-0.25, -0.2) is 8.42 Å². The summed E-state index contributed by atoms with van der Waals surface area (Å²) in [4.78, 5) is 4.29. The largest absolute Gasteiger partial charge is 0.399 e. The van der Waals surface area contributed by atoms with Gasteiger partial charge in [0.15, 0.2) is 9.84 Å². The maximum absolute atomic E-state index is 11.5. The zero-order valence-corrected chi connectivity index (χ0v) is 11.9. The van der Waals surface area contributed by atoms with Crippen molar-refractivity contribution in [2.75, 3.05) is 29.1 Å². The normalized spacial score (nSPS) is 21.1. The quantitative estimate of drug-likeness (QED) is 0.840. The number of nitrogens with zero attached hydrogens (tertiary/aromatic N) is 1. The predicted octanol–water partition coefficient (Wildman–Crippen LogP) is 1.66. The third-order valence-electron chi connectivity index (χ3n) is 3.67. The molecule has 5 nitrogen and oxygen atoms in total. The second kappa shape index (κ2) is 4.94. The number of aromatic nitrogens is 1. The van der Waals surface area contributed by atoms with E-state index in [0.29, 0.717) is 18.0 Å². The molecule has 1 fully saturated rings. The highest BCUT2D eigenvalue weighted by Crippen LogP contribution is 2.25. The highest BCUT2D eigenvalue weighted by molar-refractivity contribution is 7.91. The van der Waals surface area contributed by atoms with E-state index in [2.05, 4.69) is 10.3 Å². The Hall–Kier alpha value is -1.82. The lowest BCUT2D eigenvalue weighted by atomic mass is 10.1. The van der Waals surface area contributed by atoms with Gasteiger partial charge >= 0.3 is 0 Å². The summed E-state index contributed by atoms with van der Waals surface area (Å²) in [6.07, 6.45) is 2.47. The maximum Gasteiger partial charge on any atom is 0.150 e. The second-order valence-corrected chi connectivity index (χ2v) is 7.51. The first kappa shape index (κ1) is 13.2. The Morgan fingerprint density at radius 1 is 1.35 bits per heavy atom. The molecule has 106 valence electrons. The summed E-state index contributed by atoms with van der Waals surface area (Å²) in [6.45, 7) is 0.669. The van der Waals surface area contributed by atoms with Gasteiger partial charge in [-0.05, 0) is 36.6 Å². The van der Waals surface area contributed by atoms with Crippen molar-refractivity contribution < 1.29 is 8.42 Å². The number of nitrogens with one attached hydrogen (secondary N) is 1. The summed E-state index contributed by atoms with van der Waals surface area (Å²) >= 11 is 0. The minimum absolute atomic E-state index is 0.192. The van der Waals surface area contributed by atoms with Crippen LogP contribution in [0, 0.1) is 5.92 Å². The molecule has 0 amide bonds. The molecule has 3 rings (SSSR count). The molecule has 1 aromatic heterocycles. The zero-order chi connectivity index (χ0) is 14.2. The number of hydrogen-bond donors (Lipinski definition) is 2. The van der Waals surface area contributed by atoms with E-state index in [1.807, 2.05) is 24.3 Å². The van der Waals surface area contributed by atoms with Crippen molar-refractivity contribution in [2.24, 2.45) is 5.92 Å². The van der Waals surface area contributed by atoms with Crippen LogP contribution < -0.4 is 11.1 Å². The number of hydrogen-bond acceptors (Lipinski definition) is 5. The standard InChI is InChI=1S/C14H17N3O2S/c15-11-1-2-12-13(3-5-16-14(12)7-11)17-8-10-4-6-20(18,19)9-10/h1-3,5,7,10H,4,6,8-9,15H2,(H,16,17). The van der Waals surface area contributed by atoms with Gasteiger partial charge in [-0.3, -0.25) is 4.98 Å². The molecule has 6 heteroatoms. The smallest absolute Gasteiger partial charge is 0.150 e. The van der Waals surface area contributed by atoms with Crippen LogP contribution in [-0.2, 0) is 9.84 Å². The lowest BCUT2D eigenvalue weighted by molar-refractivity contribution is 0.596. The molecule has 1 aliphatic rings. The average Bonchev–Trinajstić information content (AvgIpc) is 2.75. The van der Waals surface area contributed by atoms with Gasteiger partial charge in [0.2, 0.25) is 0 Å². The van der Waals surface area contributed by atoms with Crippen molar-refractivity contribution in [1.29, 1.82) is 0 Å². The van der Waals surface area contributed by atoms with Gasteiger partial charge in [0.25, 0.3) is 0 Å². The van der Waals surface area contributed by atoms with Gasteiger partial charge in [-0.15, -0.1) is 0 Å². The minimum Gasteiger partial charge on any atom is -0.399 e. The number of rotatable bonds is 3. The van der Waals surface area contributed by atoms with Crippen LogP contribution in [0.1, 0.15) is 6.42 Å². The van der Waals surface area contributed by atoms with E-state index in [0.717, 1.165) is 23.0 Å². The molecule has 1 unspecified atom stereocenters. The third-order valence-corrected chi connectivity index (χ3v) is 5.51. The van der Waals surface area contributed by atoms with Gasteiger partial charge in [0.1, 0.15) is 0 Å². The Labute approximate surface area is 118 Å². The Bertz CT molecular complexity index is 743. The van der Waals surface area contributed by atoms with Crippen molar-refractivity contribution >= 4 is 32.1 Å². The van der Waals surface area contributed by atoms with Crippen LogP contribution in [0.3, 0.4) is 0 Å². The number of nitrogens with two attached hydrogens (primary N) is 1. The molecule has 1 aromatic carbocycles. The Balaban J connectivity index is 1.78. The number of benzene rings is 1. The van der Waals surface area contributed by atoms with Crippen LogP contribution in [0.4, 0.5) is 11.4 Å². The molecule has 0 bridgehead atoms. The molecule has 2 aromatic rings. The number of fused-ring (bicyclic) bond motifs is 1. The highest BCUT2D eigenvalue weighted by atomic mass is 32.2. The number of pyridine rings is 1. The fourth-order valence-corrected chi connectivity index (χ4v) is 4.47. The van der Waals surface area contributed by atoms with E-state index in [1.165, 1.54) is 0 Å². The fraction of sp³-hybridized carbons (Fsp3) is 0.357. The van der Waals surface area contributed by atoms with Gasteiger partial charge in [-0.2, -0.15) is 0 Å². The molecule has 3 N–H and O–H groups in total. The lowest BCUT2D eigenvalue weighted by Crippen LogP contribution is -2.15. The van der Waals surface area contributed by atoms with Crippen LogP contribution in [0.25, 0.3) is 10.9 Å². The average molecular weight is 291 g/mol. The Kier molecular flexibility index (Phi) is 3.25. The first-order chi connectivity index (χ1) is 9.53. The zero-order valence-electron chi connectivity index (χ0n) is 11.0.